The van der Waals surface area contributed by atoms with E-state index in [2.05, 4.69) is 15.2 Å². The van der Waals surface area contributed by atoms with E-state index in [-0.39, 0.29) is 5.56 Å². The number of aromatic nitrogens is 6. The summed E-state index contributed by atoms with van der Waals surface area (Å²) < 4.78 is 4.97. The third-order valence-electron chi connectivity index (χ3n) is 3.76. The molecule has 114 valence electrons. The van der Waals surface area contributed by atoms with Crippen LogP contribution >= 0.6 is 0 Å². The minimum absolute atomic E-state index is 0.0523. The maximum Gasteiger partial charge on any atom is 0.250 e. The van der Waals surface area contributed by atoms with Gasteiger partial charge in [-0.05, 0) is 24.6 Å². The second-order valence-corrected chi connectivity index (χ2v) is 5.41. The Hall–Kier alpha value is -3.22. The summed E-state index contributed by atoms with van der Waals surface area (Å²) >= 11 is 0. The molecule has 4 heterocycles. The summed E-state index contributed by atoms with van der Waals surface area (Å²) in [4.78, 5) is 16.3. The highest BCUT2D eigenvalue weighted by Crippen LogP contribution is 2.20. The minimum Gasteiger partial charge on any atom is -0.319 e. The topological polar surface area (TPSA) is 70.0 Å². The molecule has 0 bridgehead atoms. The van der Waals surface area contributed by atoms with Gasteiger partial charge in [0.1, 0.15) is 5.69 Å². The van der Waals surface area contributed by atoms with E-state index < -0.39 is 0 Å². The smallest absolute Gasteiger partial charge is 0.250 e. The Bertz CT molecular complexity index is 1070. The SMILES string of the molecule is Cc1ccn2ncc(-n3cc(-c4ccn(C)c(=O)c4)cn3)c2n1. The summed E-state index contributed by atoms with van der Waals surface area (Å²) in [5.41, 5.74) is 4.10. The van der Waals surface area contributed by atoms with Gasteiger partial charge < -0.3 is 4.57 Å². The highest BCUT2D eigenvalue weighted by atomic mass is 16.1. The molecule has 0 N–H and O–H groups in total. The van der Waals surface area contributed by atoms with E-state index in [1.807, 2.05) is 31.5 Å². The van der Waals surface area contributed by atoms with Gasteiger partial charge in [-0.3, -0.25) is 4.79 Å². The van der Waals surface area contributed by atoms with Crippen molar-refractivity contribution in [2.75, 3.05) is 0 Å². The van der Waals surface area contributed by atoms with Crippen LogP contribution in [0.1, 0.15) is 5.69 Å². The summed E-state index contributed by atoms with van der Waals surface area (Å²) in [5, 5.41) is 8.67. The predicted octanol–water partition coefficient (Wildman–Crippen LogP) is 1.59. The highest BCUT2D eigenvalue weighted by Gasteiger charge is 2.10. The van der Waals surface area contributed by atoms with Crippen molar-refractivity contribution in [2.45, 2.75) is 6.92 Å². The van der Waals surface area contributed by atoms with Gasteiger partial charge in [0.25, 0.3) is 5.56 Å². The average Bonchev–Trinajstić information content (AvgIpc) is 3.16. The molecule has 0 fully saturated rings. The molecule has 0 spiro atoms. The molecular weight excluding hydrogens is 292 g/mol. The molecule has 0 aliphatic rings. The van der Waals surface area contributed by atoms with E-state index in [1.54, 1.807) is 40.9 Å². The Morgan fingerprint density at radius 2 is 1.91 bits per heavy atom. The van der Waals surface area contributed by atoms with Crippen LogP contribution in [0.5, 0.6) is 0 Å². The Labute approximate surface area is 131 Å². The molecule has 0 saturated heterocycles. The Morgan fingerprint density at radius 3 is 2.74 bits per heavy atom. The van der Waals surface area contributed by atoms with Crippen molar-refractivity contribution in [3.05, 3.63) is 65.2 Å². The molecule has 0 aliphatic heterocycles. The molecule has 7 nitrogen and oxygen atoms in total. The van der Waals surface area contributed by atoms with Crippen molar-refractivity contribution in [1.82, 2.24) is 28.9 Å². The zero-order chi connectivity index (χ0) is 16.0. The second kappa shape index (κ2) is 4.91. The standard InChI is InChI=1S/C16H14N6O/c1-11-3-6-21-16(19-11)14(9-18-21)22-10-13(8-17-22)12-4-5-20(2)15(23)7-12/h3-10H,1-2H3. The van der Waals surface area contributed by atoms with E-state index in [4.69, 9.17) is 0 Å². The fourth-order valence-corrected chi connectivity index (χ4v) is 2.44. The normalized spacial score (nSPS) is 11.2. The molecule has 4 rings (SSSR count). The zero-order valence-electron chi connectivity index (χ0n) is 12.7. The van der Waals surface area contributed by atoms with Gasteiger partial charge in [0.2, 0.25) is 0 Å². The summed E-state index contributed by atoms with van der Waals surface area (Å²) in [6, 6.07) is 5.39. The van der Waals surface area contributed by atoms with Crippen molar-refractivity contribution in [3.63, 3.8) is 0 Å². The number of fused-ring (bicyclic) bond motifs is 1. The minimum atomic E-state index is -0.0523. The maximum absolute atomic E-state index is 11.8. The molecule has 0 radical (unpaired) electrons. The first-order valence-corrected chi connectivity index (χ1v) is 7.15. The van der Waals surface area contributed by atoms with Gasteiger partial charge >= 0.3 is 0 Å². The van der Waals surface area contributed by atoms with Crippen LogP contribution in [0, 0.1) is 6.92 Å². The van der Waals surface area contributed by atoms with Gasteiger partial charge in [-0.15, -0.1) is 0 Å². The number of hydrogen-bond acceptors (Lipinski definition) is 4. The van der Waals surface area contributed by atoms with Crippen molar-refractivity contribution < 1.29 is 0 Å². The van der Waals surface area contributed by atoms with Gasteiger partial charge in [-0.25, -0.2) is 14.2 Å². The number of nitrogens with zero attached hydrogens (tertiary/aromatic N) is 6. The Balaban J connectivity index is 1.81. The third-order valence-corrected chi connectivity index (χ3v) is 3.76. The molecule has 0 aliphatic carbocycles. The second-order valence-electron chi connectivity index (χ2n) is 5.41. The molecule has 4 aromatic rings. The number of pyridine rings is 1. The Kier molecular flexibility index (Phi) is 2.87. The monoisotopic (exact) mass is 306 g/mol. The van der Waals surface area contributed by atoms with Crippen molar-refractivity contribution in [2.24, 2.45) is 7.05 Å². The van der Waals surface area contributed by atoms with Gasteiger partial charge in [-0.1, -0.05) is 0 Å². The van der Waals surface area contributed by atoms with Crippen LogP contribution in [0.15, 0.2) is 54.0 Å². The zero-order valence-corrected chi connectivity index (χ0v) is 12.7. The van der Waals surface area contributed by atoms with E-state index in [0.29, 0.717) is 0 Å². The fourth-order valence-electron chi connectivity index (χ4n) is 2.44. The van der Waals surface area contributed by atoms with E-state index in [0.717, 1.165) is 28.2 Å². The van der Waals surface area contributed by atoms with Gasteiger partial charge in [0, 0.05) is 43.0 Å². The van der Waals surface area contributed by atoms with Crippen LogP contribution in [0.25, 0.3) is 22.5 Å². The third kappa shape index (κ3) is 2.22. The first-order chi connectivity index (χ1) is 11.1. The van der Waals surface area contributed by atoms with Crippen LogP contribution in [0.2, 0.25) is 0 Å². The molecule has 0 atom stereocenters. The van der Waals surface area contributed by atoms with E-state index in [1.165, 1.54) is 4.57 Å². The van der Waals surface area contributed by atoms with Gasteiger partial charge in [0.15, 0.2) is 5.65 Å². The highest BCUT2D eigenvalue weighted by molar-refractivity contribution is 5.64. The lowest BCUT2D eigenvalue weighted by Gasteiger charge is -2.00. The van der Waals surface area contributed by atoms with Crippen LogP contribution in [-0.4, -0.2) is 28.9 Å². The van der Waals surface area contributed by atoms with E-state index >= 15 is 0 Å². The first kappa shape index (κ1) is 13.4. The van der Waals surface area contributed by atoms with Crippen LogP contribution < -0.4 is 5.56 Å². The molecule has 23 heavy (non-hydrogen) atoms. The van der Waals surface area contributed by atoms with Gasteiger partial charge in [-0.2, -0.15) is 10.2 Å². The van der Waals surface area contributed by atoms with Crippen LogP contribution in [0.4, 0.5) is 0 Å². The fraction of sp³-hybridized carbons (Fsp3) is 0.125. The predicted molar refractivity (Wildman–Crippen MR) is 85.5 cm³/mol. The summed E-state index contributed by atoms with van der Waals surface area (Å²) in [7, 11) is 1.72. The quantitative estimate of drug-likeness (QED) is 0.564. The molecule has 0 saturated carbocycles. The average molecular weight is 306 g/mol. The lowest BCUT2D eigenvalue weighted by atomic mass is 10.1. The molecule has 4 aromatic heterocycles. The molecule has 7 heteroatoms. The molecule has 0 unspecified atom stereocenters. The van der Waals surface area contributed by atoms with Crippen LogP contribution in [-0.2, 0) is 7.05 Å². The number of aryl methyl sites for hydroxylation is 2. The summed E-state index contributed by atoms with van der Waals surface area (Å²) in [6.45, 7) is 1.94. The van der Waals surface area contributed by atoms with Crippen molar-refractivity contribution in [3.8, 4) is 16.8 Å². The molecular formula is C16H14N6O. The lowest BCUT2D eigenvalue weighted by molar-refractivity contribution is 0.861. The Morgan fingerprint density at radius 1 is 1.04 bits per heavy atom. The van der Waals surface area contributed by atoms with E-state index in [9.17, 15) is 4.79 Å². The maximum atomic E-state index is 11.8. The number of hydrogen-bond donors (Lipinski definition) is 0. The summed E-state index contributed by atoms with van der Waals surface area (Å²) in [5.74, 6) is 0. The molecule has 0 amide bonds. The first-order valence-electron chi connectivity index (χ1n) is 7.15. The number of rotatable bonds is 2. The van der Waals surface area contributed by atoms with Crippen LogP contribution in [0.3, 0.4) is 0 Å². The molecule has 0 aromatic carbocycles. The summed E-state index contributed by atoms with van der Waals surface area (Å²) in [6.07, 6.45) is 8.94. The van der Waals surface area contributed by atoms with Crippen molar-refractivity contribution in [1.29, 1.82) is 0 Å². The van der Waals surface area contributed by atoms with Crippen molar-refractivity contribution >= 4 is 5.65 Å². The lowest BCUT2D eigenvalue weighted by Crippen LogP contribution is -2.13. The largest absolute Gasteiger partial charge is 0.319 e. The van der Waals surface area contributed by atoms with Gasteiger partial charge in [0.05, 0.1) is 12.4 Å².